The maximum Gasteiger partial charge on any atom is 0.258 e. The molecule has 2 aliphatic carbocycles. The van der Waals surface area contributed by atoms with Gasteiger partial charge in [-0.1, -0.05) is 74.2 Å². The first-order chi connectivity index (χ1) is 20.2. The Bertz CT molecular complexity index is 1360. The van der Waals surface area contributed by atoms with Crippen molar-refractivity contribution in [3.8, 4) is 11.5 Å². The van der Waals surface area contributed by atoms with E-state index in [1.165, 1.54) is 0 Å². The minimum atomic E-state index is 0.0169. The molecule has 5 nitrogen and oxygen atoms in total. The first-order valence-electron chi connectivity index (χ1n) is 14.8. The molecule has 208 valence electrons. The van der Waals surface area contributed by atoms with E-state index in [-0.39, 0.29) is 23.9 Å². The number of amides is 2. The summed E-state index contributed by atoms with van der Waals surface area (Å²) in [6.45, 7) is 0. The van der Waals surface area contributed by atoms with Gasteiger partial charge in [-0.15, -0.1) is 0 Å². The predicted octanol–water partition coefficient (Wildman–Crippen LogP) is 8.66. The molecule has 6 rings (SSSR count). The van der Waals surface area contributed by atoms with Crippen molar-refractivity contribution in [3.63, 3.8) is 0 Å². The third-order valence-electron chi connectivity index (χ3n) is 8.29. The molecule has 0 N–H and O–H groups in total. The molecule has 0 spiro atoms. The number of hydrogen-bond acceptors (Lipinski definition) is 3. The molecule has 0 aliphatic heterocycles. The van der Waals surface area contributed by atoms with E-state index < -0.39 is 0 Å². The third kappa shape index (κ3) is 6.04. The number of carbonyl (C=O) groups excluding carboxylic acids is 2. The van der Waals surface area contributed by atoms with Crippen LogP contribution in [0.5, 0.6) is 11.5 Å². The van der Waals surface area contributed by atoms with Gasteiger partial charge in [-0.25, -0.2) is 0 Å². The van der Waals surface area contributed by atoms with Gasteiger partial charge < -0.3 is 14.5 Å². The Kier molecular flexibility index (Phi) is 8.13. The van der Waals surface area contributed by atoms with E-state index in [0.717, 1.165) is 62.7 Å². The second-order valence-corrected chi connectivity index (χ2v) is 11.1. The molecule has 0 bridgehead atoms. The number of hydrogen-bond donors (Lipinski definition) is 0. The fraction of sp³-hybridized carbons (Fsp3) is 0.278. The normalized spacial score (nSPS) is 15.5. The second kappa shape index (κ2) is 12.4. The highest BCUT2D eigenvalue weighted by Crippen LogP contribution is 2.35. The van der Waals surface area contributed by atoms with Gasteiger partial charge in [0.15, 0.2) is 0 Å². The summed E-state index contributed by atoms with van der Waals surface area (Å²) in [5, 5.41) is 0. The summed E-state index contributed by atoms with van der Waals surface area (Å²) >= 11 is 0. The van der Waals surface area contributed by atoms with Crippen molar-refractivity contribution in [2.45, 2.75) is 63.5 Å². The number of benzene rings is 4. The topological polar surface area (TPSA) is 49.9 Å². The quantitative estimate of drug-likeness (QED) is 0.223. The van der Waals surface area contributed by atoms with Crippen LogP contribution in [-0.2, 0) is 0 Å². The number of rotatable bonds is 8. The number of ether oxygens (including phenoxy) is 1. The van der Waals surface area contributed by atoms with Crippen LogP contribution in [0.1, 0.15) is 72.1 Å². The lowest BCUT2D eigenvalue weighted by Crippen LogP contribution is -2.39. The molecule has 5 heteroatoms. The lowest BCUT2D eigenvalue weighted by atomic mass is 10.1. The fourth-order valence-electron chi connectivity index (χ4n) is 6.28. The minimum Gasteiger partial charge on any atom is -0.457 e. The summed E-state index contributed by atoms with van der Waals surface area (Å²) in [6.07, 6.45) is 8.51. The average Bonchev–Trinajstić information content (AvgIpc) is 3.74. The molecule has 2 saturated carbocycles. The van der Waals surface area contributed by atoms with Crippen LogP contribution in [0.15, 0.2) is 109 Å². The van der Waals surface area contributed by atoms with Crippen molar-refractivity contribution >= 4 is 23.2 Å². The minimum absolute atomic E-state index is 0.0169. The van der Waals surface area contributed by atoms with Gasteiger partial charge in [0.05, 0.1) is 0 Å². The summed E-state index contributed by atoms with van der Waals surface area (Å²) in [6, 6.07) is 34.9. The van der Waals surface area contributed by atoms with Crippen LogP contribution >= 0.6 is 0 Å². The SMILES string of the molecule is O=C(c1ccccc1)N(c1cccc(Oc2cccc(N(C(=O)c3ccccc3)C3CCCC3)c2)c1)C1CCCC1. The van der Waals surface area contributed by atoms with Crippen LogP contribution in [-0.4, -0.2) is 23.9 Å². The summed E-state index contributed by atoms with van der Waals surface area (Å²) < 4.78 is 6.38. The summed E-state index contributed by atoms with van der Waals surface area (Å²) in [5.41, 5.74) is 3.06. The van der Waals surface area contributed by atoms with Crippen LogP contribution in [0.3, 0.4) is 0 Å². The molecule has 4 aromatic rings. The Balaban J connectivity index is 1.28. The van der Waals surface area contributed by atoms with Gasteiger partial charge in [0.25, 0.3) is 11.8 Å². The Morgan fingerprint density at radius 3 is 1.29 bits per heavy atom. The molecule has 0 atom stereocenters. The molecule has 4 aromatic carbocycles. The van der Waals surface area contributed by atoms with E-state index in [1.54, 1.807) is 0 Å². The molecule has 2 aliphatic rings. The van der Waals surface area contributed by atoms with Crippen molar-refractivity contribution in [2.24, 2.45) is 0 Å². The van der Waals surface area contributed by atoms with Crippen LogP contribution in [0.2, 0.25) is 0 Å². The fourth-order valence-corrected chi connectivity index (χ4v) is 6.28. The lowest BCUT2D eigenvalue weighted by molar-refractivity contribution is 0.0969. The maximum absolute atomic E-state index is 13.7. The molecular weight excluding hydrogens is 508 g/mol. The highest BCUT2D eigenvalue weighted by molar-refractivity contribution is 6.07. The van der Waals surface area contributed by atoms with Crippen LogP contribution in [0.4, 0.5) is 11.4 Å². The third-order valence-corrected chi connectivity index (χ3v) is 8.29. The smallest absolute Gasteiger partial charge is 0.258 e. The summed E-state index contributed by atoms with van der Waals surface area (Å²) in [4.78, 5) is 31.3. The maximum atomic E-state index is 13.7. The van der Waals surface area contributed by atoms with Gasteiger partial charge in [0, 0.05) is 46.7 Å². The summed E-state index contributed by atoms with van der Waals surface area (Å²) in [5.74, 6) is 1.35. The molecule has 0 heterocycles. The van der Waals surface area contributed by atoms with Crippen molar-refractivity contribution in [3.05, 3.63) is 120 Å². The Morgan fingerprint density at radius 1 is 0.512 bits per heavy atom. The molecule has 2 fully saturated rings. The van der Waals surface area contributed by atoms with E-state index in [4.69, 9.17) is 4.74 Å². The van der Waals surface area contributed by atoms with E-state index in [1.807, 2.05) is 119 Å². The zero-order chi connectivity index (χ0) is 28.0. The van der Waals surface area contributed by atoms with Crippen molar-refractivity contribution in [1.82, 2.24) is 0 Å². The molecule has 0 aromatic heterocycles. The van der Waals surface area contributed by atoms with Gasteiger partial charge in [0.1, 0.15) is 11.5 Å². The molecule has 0 saturated heterocycles. The summed E-state index contributed by atoms with van der Waals surface area (Å²) in [7, 11) is 0. The number of anilines is 2. The zero-order valence-electron chi connectivity index (χ0n) is 23.3. The van der Waals surface area contributed by atoms with Crippen molar-refractivity contribution < 1.29 is 14.3 Å². The van der Waals surface area contributed by atoms with E-state index >= 15 is 0 Å². The standard InChI is InChI=1S/C36H36N2O3/c39-35(27-13-3-1-4-14-27)37(29-17-7-8-18-29)31-21-11-23-33(25-31)41-34-24-12-22-32(26-34)38(30-19-9-10-20-30)36(40)28-15-5-2-6-16-28/h1-6,11-16,21-26,29-30H,7-10,17-20H2. The highest BCUT2D eigenvalue weighted by Gasteiger charge is 2.30. The van der Waals surface area contributed by atoms with Crippen molar-refractivity contribution in [1.29, 1.82) is 0 Å². The lowest BCUT2D eigenvalue weighted by Gasteiger charge is -2.30. The molecule has 0 unspecified atom stereocenters. The van der Waals surface area contributed by atoms with Crippen LogP contribution in [0, 0.1) is 0 Å². The molecule has 0 radical (unpaired) electrons. The van der Waals surface area contributed by atoms with E-state index in [2.05, 4.69) is 0 Å². The Morgan fingerprint density at radius 2 is 0.902 bits per heavy atom. The second-order valence-electron chi connectivity index (χ2n) is 11.1. The number of carbonyl (C=O) groups is 2. The monoisotopic (exact) mass is 544 g/mol. The van der Waals surface area contributed by atoms with Gasteiger partial charge in [-0.2, -0.15) is 0 Å². The van der Waals surface area contributed by atoms with Gasteiger partial charge >= 0.3 is 0 Å². The van der Waals surface area contributed by atoms with E-state index in [0.29, 0.717) is 22.6 Å². The highest BCUT2D eigenvalue weighted by atomic mass is 16.5. The first-order valence-corrected chi connectivity index (χ1v) is 14.8. The van der Waals surface area contributed by atoms with Gasteiger partial charge in [0.2, 0.25) is 0 Å². The largest absolute Gasteiger partial charge is 0.457 e. The zero-order valence-corrected chi connectivity index (χ0v) is 23.3. The first kappa shape index (κ1) is 26.8. The van der Waals surface area contributed by atoms with E-state index in [9.17, 15) is 9.59 Å². The number of nitrogens with zero attached hydrogens (tertiary/aromatic N) is 2. The van der Waals surface area contributed by atoms with Crippen LogP contribution in [0.25, 0.3) is 0 Å². The van der Waals surface area contributed by atoms with Crippen LogP contribution < -0.4 is 14.5 Å². The van der Waals surface area contributed by atoms with Gasteiger partial charge in [-0.3, -0.25) is 9.59 Å². The predicted molar refractivity (Wildman–Crippen MR) is 164 cm³/mol. The molecule has 41 heavy (non-hydrogen) atoms. The average molecular weight is 545 g/mol. The molecule has 2 amide bonds. The Hall–Kier alpha value is -4.38. The van der Waals surface area contributed by atoms with Crippen molar-refractivity contribution in [2.75, 3.05) is 9.80 Å². The Labute approximate surface area is 242 Å². The van der Waals surface area contributed by atoms with Gasteiger partial charge in [-0.05, 0) is 74.2 Å². The molecular formula is C36H36N2O3.